The van der Waals surface area contributed by atoms with Gasteiger partial charge in [0.2, 0.25) is 0 Å². The summed E-state index contributed by atoms with van der Waals surface area (Å²) < 4.78 is 38.5. The van der Waals surface area contributed by atoms with Gasteiger partial charge in [-0.2, -0.15) is 0 Å². The highest BCUT2D eigenvalue weighted by Crippen LogP contribution is 2.33. The molecule has 6 nitrogen and oxygen atoms in total. The molecule has 0 aromatic heterocycles. The van der Waals surface area contributed by atoms with Gasteiger partial charge in [-0.3, -0.25) is 27.2 Å². The SMILES string of the molecule is O=[PH]1OCO[PH](=O)OCO1. The largest absolute Gasteiger partial charge is 0.323 e. The molecule has 1 fully saturated rings. The van der Waals surface area contributed by atoms with Crippen LogP contribution < -0.4 is 0 Å². The summed E-state index contributed by atoms with van der Waals surface area (Å²) in [5.41, 5.74) is 0. The molecular formula is C2H6O6P2. The molecule has 0 radical (unpaired) electrons. The van der Waals surface area contributed by atoms with E-state index in [0.717, 1.165) is 0 Å². The van der Waals surface area contributed by atoms with Gasteiger partial charge in [-0.05, 0) is 0 Å². The lowest BCUT2D eigenvalue weighted by Crippen LogP contribution is -1.97. The first kappa shape index (κ1) is 8.40. The molecule has 8 heteroatoms. The summed E-state index contributed by atoms with van der Waals surface area (Å²) in [6.45, 7) is -0.620. The molecule has 0 saturated carbocycles. The molecule has 0 aromatic rings. The summed E-state index contributed by atoms with van der Waals surface area (Å²) in [5.74, 6) is 0. The van der Waals surface area contributed by atoms with Crippen LogP contribution in [0.2, 0.25) is 0 Å². The molecule has 0 N–H and O–H groups in total. The van der Waals surface area contributed by atoms with E-state index in [1.54, 1.807) is 0 Å². The first-order chi connectivity index (χ1) is 4.79. The van der Waals surface area contributed by atoms with E-state index >= 15 is 0 Å². The quantitative estimate of drug-likeness (QED) is 0.522. The molecule has 10 heavy (non-hydrogen) atoms. The molecule has 0 amide bonds. The second kappa shape index (κ2) is 4.23. The lowest BCUT2D eigenvalue weighted by atomic mass is 11.6. The molecule has 60 valence electrons. The molecule has 1 aliphatic heterocycles. The van der Waals surface area contributed by atoms with E-state index in [0.29, 0.717) is 0 Å². The maximum Gasteiger partial charge on any atom is 0.323 e. The summed E-state index contributed by atoms with van der Waals surface area (Å²) in [6, 6.07) is 0. The van der Waals surface area contributed by atoms with Gasteiger partial charge in [0, 0.05) is 0 Å². The summed E-state index contributed by atoms with van der Waals surface area (Å²) in [7, 11) is -5.00. The average molecular weight is 188 g/mol. The summed E-state index contributed by atoms with van der Waals surface area (Å²) in [4.78, 5) is 0. The average Bonchev–Trinajstić information content (AvgIpc) is 1.84. The van der Waals surface area contributed by atoms with E-state index in [1.165, 1.54) is 0 Å². The number of rotatable bonds is 0. The zero-order valence-corrected chi connectivity index (χ0v) is 6.86. The molecule has 1 rings (SSSR count). The molecule has 0 atom stereocenters. The van der Waals surface area contributed by atoms with Crippen LogP contribution in [0.5, 0.6) is 0 Å². The highest BCUT2D eigenvalue weighted by molar-refractivity contribution is 7.34. The van der Waals surface area contributed by atoms with Crippen molar-refractivity contribution in [2.24, 2.45) is 0 Å². The van der Waals surface area contributed by atoms with Crippen LogP contribution in [-0.4, -0.2) is 13.6 Å². The van der Waals surface area contributed by atoms with Crippen molar-refractivity contribution in [1.82, 2.24) is 0 Å². The lowest BCUT2D eigenvalue weighted by Gasteiger charge is -2.10. The van der Waals surface area contributed by atoms with Crippen molar-refractivity contribution in [3.63, 3.8) is 0 Å². The van der Waals surface area contributed by atoms with E-state index in [4.69, 9.17) is 0 Å². The standard InChI is InChI=1S/C2H6O6P2/c3-9-5-1-6-10(4)8-2-7-9/h9-10H,1-2H2. The maximum absolute atomic E-state index is 10.4. The van der Waals surface area contributed by atoms with Gasteiger partial charge in [0.1, 0.15) is 0 Å². The molecule has 0 aliphatic carbocycles. The Labute approximate surface area is 58.3 Å². The van der Waals surface area contributed by atoms with Crippen LogP contribution in [0.3, 0.4) is 0 Å². The molecular weight excluding hydrogens is 182 g/mol. The molecule has 0 unspecified atom stereocenters. The molecule has 0 spiro atoms. The van der Waals surface area contributed by atoms with Gasteiger partial charge >= 0.3 is 16.5 Å². The minimum absolute atomic E-state index is 0.310. The lowest BCUT2D eigenvalue weighted by molar-refractivity contribution is 0.0276. The van der Waals surface area contributed by atoms with Crippen molar-refractivity contribution in [3.8, 4) is 0 Å². The molecule has 1 aliphatic rings. The molecule has 0 bridgehead atoms. The topological polar surface area (TPSA) is 71.1 Å². The van der Waals surface area contributed by atoms with Gasteiger partial charge in [0.25, 0.3) is 0 Å². The minimum atomic E-state index is -2.50. The predicted octanol–water partition coefficient (Wildman–Crippen LogP) is 0.761. The Hall–Kier alpha value is 0.300. The van der Waals surface area contributed by atoms with Crippen LogP contribution in [0.25, 0.3) is 0 Å². The number of hydrogen-bond donors (Lipinski definition) is 0. The first-order valence-electron chi connectivity index (χ1n) is 2.38. The van der Waals surface area contributed by atoms with E-state index in [2.05, 4.69) is 18.1 Å². The van der Waals surface area contributed by atoms with Gasteiger partial charge in [0.05, 0.1) is 0 Å². The van der Waals surface area contributed by atoms with Crippen LogP contribution in [0.4, 0.5) is 0 Å². The van der Waals surface area contributed by atoms with Gasteiger partial charge < -0.3 is 0 Å². The highest BCUT2D eigenvalue weighted by atomic mass is 31.1. The zero-order valence-electron chi connectivity index (χ0n) is 4.86. The monoisotopic (exact) mass is 188 g/mol. The van der Waals surface area contributed by atoms with Gasteiger partial charge in [-0.1, -0.05) is 0 Å². The summed E-state index contributed by atoms with van der Waals surface area (Å²) >= 11 is 0. The van der Waals surface area contributed by atoms with Gasteiger partial charge in [-0.25, -0.2) is 0 Å². The molecule has 1 saturated heterocycles. The Kier molecular flexibility index (Phi) is 3.56. The Bertz CT molecular complexity index is 126. The molecule has 0 aromatic carbocycles. The van der Waals surface area contributed by atoms with E-state index in [-0.39, 0.29) is 13.6 Å². The van der Waals surface area contributed by atoms with E-state index in [1.807, 2.05) is 0 Å². The fraction of sp³-hybridized carbons (Fsp3) is 1.00. The van der Waals surface area contributed by atoms with Gasteiger partial charge in [0.15, 0.2) is 13.6 Å². The van der Waals surface area contributed by atoms with Crippen molar-refractivity contribution in [2.75, 3.05) is 13.6 Å². The van der Waals surface area contributed by atoms with Crippen molar-refractivity contribution < 1.29 is 27.2 Å². The van der Waals surface area contributed by atoms with Crippen molar-refractivity contribution in [3.05, 3.63) is 0 Å². The maximum atomic E-state index is 10.4. The normalized spacial score (nSPS) is 36.4. The Morgan fingerprint density at radius 3 is 1.40 bits per heavy atom. The smallest absolute Gasteiger partial charge is 0.283 e. The van der Waals surface area contributed by atoms with Crippen molar-refractivity contribution in [2.45, 2.75) is 0 Å². The van der Waals surface area contributed by atoms with Crippen LogP contribution >= 0.6 is 16.5 Å². The van der Waals surface area contributed by atoms with Crippen molar-refractivity contribution in [1.29, 1.82) is 0 Å². The van der Waals surface area contributed by atoms with E-state index in [9.17, 15) is 9.13 Å². The van der Waals surface area contributed by atoms with Crippen LogP contribution in [0.1, 0.15) is 0 Å². The highest BCUT2D eigenvalue weighted by Gasteiger charge is 2.08. The Morgan fingerprint density at radius 2 is 1.10 bits per heavy atom. The van der Waals surface area contributed by atoms with Crippen LogP contribution in [0, 0.1) is 0 Å². The van der Waals surface area contributed by atoms with Crippen molar-refractivity contribution >= 4 is 16.5 Å². The van der Waals surface area contributed by atoms with Crippen LogP contribution in [0.15, 0.2) is 0 Å². The first-order valence-corrected chi connectivity index (χ1v) is 4.83. The Morgan fingerprint density at radius 1 is 0.800 bits per heavy atom. The third-order valence-corrected chi connectivity index (χ3v) is 2.12. The predicted molar refractivity (Wildman–Crippen MR) is 32.1 cm³/mol. The summed E-state index contributed by atoms with van der Waals surface area (Å²) in [5, 5.41) is 0. The third kappa shape index (κ3) is 2.92. The number of hydrogen-bond acceptors (Lipinski definition) is 6. The summed E-state index contributed by atoms with van der Waals surface area (Å²) in [6.07, 6.45) is 0. The fourth-order valence-electron chi connectivity index (χ4n) is 0.335. The third-order valence-electron chi connectivity index (χ3n) is 0.707. The van der Waals surface area contributed by atoms with E-state index < -0.39 is 16.5 Å². The molecule has 1 heterocycles. The minimum Gasteiger partial charge on any atom is -0.283 e. The second-order valence-electron chi connectivity index (χ2n) is 1.31. The second-order valence-corrected chi connectivity index (χ2v) is 3.47. The Balaban J connectivity index is 2.34. The van der Waals surface area contributed by atoms with Crippen LogP contribution in [-0.2, 0) is 27.2 Å². The van der Waals surface area contributed by atoms with Gasteiger partial charge in [-0.15, -0.1) is 0 Å². The zero-order chi connectivity index (χ0) is 7.40. The fourth-order valence-corrected chi connectivity index (χ4v) is 1.36.